The summed E-state index contributed by atoms with van der Waals surface area (Å²) in [6.07, 6.45) is 6.37. The topological polar surface area (TPSA) is 67.9 Å². The second-order valence-electron chi connectivity index (χ2n) is 8.11. The molecule has 0 aromatic carbocycles. The number of fused-ring (bicyclic) bond motifs is 1. The van der Waals surface area contributed by atoms with Gasteiger partial charge in [-0.1, -0.05) is 11.2 Å². The van der Waals surface area contributed by atoms with E-state index in [0.717, 1.165) is 29.7 Å². The predicted molar refractivity (Wildman–Crippen MR) is 104 cm³/mol. The zero-order chi connectivity index (χ0) is 19.0. The molecule has 8 heteroatoms. The highest BCUT2D eigenvalue weighted by Gasteiger charge is 2.39. The van der Waals surface area contributed by atoms with Crippen molar-refractivity contribution >= 4 is 28.0 Å². The zero-order valence-corrected chi connectivity index (χ0v) is 16.4. The van der Waals surface area contributed by atoms with Gasteiger partial charge < -0.3 is 14.4 Å². The van der Waals surface area contributed by atoms with Gasteiger partial charge in [0.25, 0.3) is 0 Å². The first-order valence-corrected chi connectivity index (χ1v) is 11.1. The van der Waals surface area contributed by atoms with Crippen LogP contribution in [0.3, 0.4) is 0 Å². The number of hydrogen-bond donors (Lipinski definition) is 1. The molecule has 1 atom stereocenters. The Labute approximate surface area is 161 Å². The third kappa shape index (κ3) is 4.21. The Balaban J connectivity index is 1.24. The Morgan fingerprint density at radius 2 is 1.93 bits per heavy atom. The van der Waals surface area contributed by atoms with Gasteiger partial charge in [0.1, 0.15) is 29.3 Å². The minimum atomic E-state index is -2.50. The van der Waals surface area contributed by atoms with Crippen molar-refractivity contribution in [3.63, 3.8) is 0 Å². The van der Waals surface area contributed by atoms with Crippen molar-refractivity contribution in [2.24, 2.45) is 11.8 Å². The van der Waals surface area contributed by atoms with E-state index in [9.17, 15) is 13.3 Å². The molecule has 0 radical (unpaired) electrons. The Hall–Kier alpha value is -1.41. The summed E-state index contributed by atoms with van der Waals surface area (Å²) in [4.78, 5) is 14.0. The third-order valence-electron chi connectivity index (χ3n) is 6.11. The van der Waals surface area contributed by atoms with E-state index >= 15 is 0 Å². The number of aromatic nitrogens is 3. The van der Waals surface area contributed by atoms with Crippen LogP contribution in [0.4, 0.5) is 14.6 Å². The molecule has 2 aromatic rings. The molecule has 0 saturated heterocycles. The number of alkyl halides is 2. The molecule has 1 N–H and O–H groups in total. The van der Waals surface area contributed by atoms with Gasteiger partial charge in [-0.15, -0.1) is 0 Å². The molecular weight excluding hydrogens is 370 g/mol. The van der Waals surface area contributed by atoms with Crippen molar-refractivity contribution in [2.45, 2.75) is 50.5 Å². The van der Waals surface area contributed by atoms with E-state index < -0.39 is 17.1 Å². The molecule has 0 spiro atoms. The minimum absolute atomic E-state index is 0.0439. The summed E-state index contributed by atoms with van der Waals surface area (Å²) in [6.45, 7) is 0. The number of H-pyrrole nitrogens is 1. The summed E-state index contributed by atoms with van der Waals surface area (Å²) in [5.41, 5.74) is 0.835. The maximum absolute atomic E-state index is 13.2. The van der Waals surface area contributed by atoms with Crippen molar-refractivity contribution in [3.05, 3.63) is 18.6 Å². The molecule has 0 amide bonds. The molecule has 0 aliphatic heterocycles. The van der Waals surface area contributed by atoms with E-state index in [1.165, 1.54) is 0 Å². The highest BCUT2D eigenvalue weighted by molar-refractivity contribution is 7.91. The quantitative estimate of drug-likeness (QED) is 0.755. The Bertz CT molecular complexity index is 770. The normalized spacial score (nSPS) is 26.7. The van der Waals surface area contributed by atoms with E-state index in [0.29, 0.717) is 36.3 Å². The molecular formula is C19H26F2N4OS. The number of nitrogens with zero attached hydrogens (tertiary/aromatic N) is 3. The van der Waals surface area contributed by atoms with Gasteiger partial charge in [-0.3, -0.25) is 0 Å². The van der Waals surface area contributed by atoms with Gasteiger partial charge in [0, 0.05) is 44.0 Å². The van der Waals surface area contributed by atoms with Crippen LogP contribution >= 0.6 is 0 Å². The van der Waals surface area contributed by atoms with Gasteiger partial charge in [0.2, 0.25) is 5.92 Å². The van der Waals surface area contributed by atoms with Crippen molar-refractivity contribution in [1.82, 2.24) is 15.0 Å². The van der Waals surface area contributed by atoms with E-state index in [4.69, 9.17) is 0 Å². The molecule has 0 bridgehead atoms. The van der Waals surface area contributed by atoms with E-state index in [1.54, 1.807) is 6.33 Å². The van der Waals surface area contributed by atoms with Crippen molar-refractivity contribution in [3.8, 4) is 0 Å². The van der Waals surface area contributed by atoms with Crippen LogP contribution in [0.5, 0.6) is 0 Å². The first-order valence-electron chi connectivity index (χ1n) is 9.65. The van der Waals surface area contributed by atoms with Crippen molar-refractivity contribution in [2.75, 3.05) is 23.5 Å². The molecule has 5 nitrogen and oxygen atoms in total. The molecule has 148 valence electrons. The van der Waals surface area contributed by atoms with Crippen LogP contribution in [0.2, 0.25) is 0 Å². The first-order chi connectivity index (χ1) is 12.9. The van der Waals surface area contributed by atoms with Crippen LogP contribution in [0.1, 0.15) is 38.5 Å². The number of hydrogen-bond acceptors (Lipinski definition) is 4. The van der Waals surface area contributed by atoms with Gasteiger partial charge >= 0.3 is 0 Å². The fourth-order valence-electron chi connectivity index (χ4n) is 4.33. The maximum atomic E-state index is 13.2. The van der Waals surface area contributed by atoms with Crippen LogP contribution in [-0.2, 0) is 11.2 Å². The summed E-state index contributed by atoms with van der Waals surface area (Å²) in [5, 5.41) is 1.01. The smallest absolute Gasteiger partial charge is 0.248 e. The summed E-state index contributed by atoms with van der Waals surface area (Å²) >= 11 is -0.904. The Morgan fingerprint density at radius 3 is 2.67 bits per heavy atom. The molecule has 2 aliphatic rings. The van der Waals surface area contributed by atoms with E-state index in [1.807, 2.05) is 12.3 Å². The molecule has 1 unspecified atom stereocenters. The number of rotatable bonds is 6. The lowest BCUT2D eigenvalue weighted by Crippen LogP contribution is -2.45. The number of anilines is 1. The van der Waals surface area contributed by atoms with Crippen molar-refractivity contribution < 1.29 is 13.3 Å². The van der Waals surface area contributed by atoms with Crippen molar-refractivity contribution in [1.29, 1.82) is 0 Å². The van der Waals surface area contributed by atoms with Crippen LogP contribution < -0.4 is 4.90 Å². The second-order valence-corrected chi connectivity index (χ2v) is 9.66. The van der Waals surface area contributed by atoms with Gasteiger partial charge in [-0.25, -0.2) is 18.7 Å². The fraction of sp³-hybridized carbons (Fsp3) is 0.684. The average Bonchev–Trinajstić information content (AvgIpc) is 3.08. The summed E-state index contributed by atoms with van der Waals surface area (Å²) < 4.78 is 38.9. The Kier molecular flexibility index (Phi) is 5.29. The van der Waals surface area contributed by atoms with Crippen LogP contribution in [0.25, 0.3) is 11.0 Å². The fourth-order valence-corrected chi connectivity index (χ4v) is 6.12. The lowest BCUT2D eigenvalue weighted by atomic mass is 9.81. The molecule has 2 saturated carbocycles. The van der Waals surface area contributed by atoms with E-state index in [-0.39, 0.29) is 18.8 Å². The zero-order valence-electron chi connectivity index (χ0n) is 15.5. The lowest BCUT2D eigenvalue weighted by Gasteiger charge is -2.41. The lowest BCUT2D eigenvalue weighted by molar-refractivity contribution is -0.0435. The molecule has 2 fully saturated rings. The predicted octanol–water partition coefficient (Wildman–Crippen LogP) is 3.75. The van der Waals surface area contributed by atoms with Gasteiger partial charge in [0.05, 0.1) is 5.39 Å². The first kappa shape index (κ1) is 18.9. The molecule has 27 heavy (non-hydrogen) atoms. The van der Waals surface area contributed by atoms with Crippen LogP contribution in [-0.4, -0.2) is 50.0 Å². The summed E-state index contributed by atoms with van der Waals surface area (Å²) in [7, 11) is 2.05. The highest BCUT2D eigenvalue weighted by Crippen LogP contribution is 2.38. The number of halogens is 2. The molecule has 2 heterocycles. The maximum Gasteiger partial charge on any atom is 0.248 e. The largest absolute Gasteiger partial charge is 0.616 e. The van der Waals surface area contributed by atoms with Gasteiger partial charge in [-0.2, -0.15) is 0 Å². The SMILES string of the molecule is CN(c1ncnc2[nH]ccc12)[C@H]1C[C@@H](C[S+]([O-])CC2CCC(F)(F)CC2)C1. The standard InChI is InChI=1S/C19H26F2N4OS/c1-25(18-16-4-7-22-17(16)23-12-24-18)15-8-14(9-15)11-27(26)10-13-2-5-19(20,21)6-3-13/h4,7,12-15H,2-3,5-6,8-11H2,1H3,(H,22,23,24)/t14-,15+,27?. The monoisotopic (exact) mass is 396 g/mol. The molecule has 2 aromatic heterocycles. The molecule has 4 rings (SSSR count). The highest BCUT2D eigenvalue weighted by atomic mass is 32.2. The van der Waals surface area contributed by atoms with Gasteiger partial charge in [-0.05, 0) is 31.7 Å². The Morgan fingerprint density at radius 1 is 1.22 bits per heavy atom. The van der Waals surface area contributed by atoms with Crippen LogP contribution in [0, 0.1) is 11.8 Å². The third-order valence-corrected chi connectivity index (χ3v) is 7.79. The summed E-state index contributed by atoms with van der Waals surface area (Å²) in [5.74, 6) is 0.354. The number of aromatic amines is 1. The average molecular weight is 397 g/mol. The summed E-state index contributed by atoms with van der Waals surface area (Å²) in [6, 6.07) is 2.38. The minimum Gasteiger partial charge on any atom is -0.616 e. The number of nitrogens with one attached hydrogen (secondary N) is 1. The van der Waals surface area contributed by atoms with E-state index in [2.05, 4.69) is 26.9 Å². The molecule has 2 aliphatic carbocycles. The second kappa shape index (κ2) is 7.54. The van der Waals surface area contributed by atoms with Gasteiger partial charge in [0.15, 0.2) is 0 Å². The van der Waals surface area contributed by atoms with Crippen LogP contribution in [0.15, 0.2) is 18.6 Å².